The van der Waals surface area contributed by atoms with E-state index >= 15 is 0 Å². The van der Waals surface area contributed by atoms with Crippen LogP contribution in [0.2, 0.25) is 0 Å². The van der Waals surface area contributed by atoms with Crippen molar-refractivity contribution in [3.8, 4) is 0 Å². The molecule has 0 N–H and O–H groups in total. The van der Waals surface area contributed by atoms with Crippen LogP contribution in [0, 0.1) is 6.92 Å². The second-order valence-corrected chi connectivity index (χ2v) is 8.70. The summed E-state index contributed by atoms with van der Waals surface area (Å²) in [6, 6.07) is 5.40. The quantitative estimate of drug-likeness (QED) is 0.806. The summed E-state index contributed by atoms with van der Waals surface area (Å²) in [5, 5.41) is 0. The SMILES string of the molecule is Cc1ccc(C(=O)N2CCN(C)CC2)cc1N1CCCCS1(=O)=O. The van der Waals surface area contributed by atoms with Crippen LogP contribution in [0.3, 0.4) is 0 Å². The number of hydrogen-bond acceptors (Lipinski definition) is 4. The van der Waals surface area contributed by atoms with E-state index in [1.807, 2.05) is 24.9 Å². The van der Waals surface area contributed by atoms with Gasteiger partial charge in [-0.2, -0.15) is 0 Å². The molecule has 2 aliphatic rings. The average molecular weight is 351 g/mol. The maximum Gasteiger partial charge on any atom is 0.254 e. The van der Waals surface area contributed by atoms with E-state index in [2.05, 4.69) is 4.90 Å². The average Bonchev–Trinajstić information content (AvgIpc) is 2.55. The van der Waals surface area contributed by atoms with Gasteiger partial charge in [-0.25, -0.2) is 8.42 Å². The third-order valence-electron chi connectivity index (χ3n) is 4.86. The van der Waals surface area contributed by atoms with Crippen molar-refractivity contribution in [2.75, 3.05) is 49.8 Å². The maximum atomic E-state index is 12.8. The summed E-state index contributed by atoms with van der Waals surface area (Å²) in [6.45, 7) is 5.54. The molecule has 24 heavy (non-hydrogen) atoms. The highest BCUT2D eigenvalue weighted by molar-refractivity contribution is 7.92. The Morgan fingerprint density at radius 3 is 2.42 bits per heavy atom. The Balaban J connectivity index is 1.87. The van der Waals surface area contributed by atoms with Gasteiger partial charge in [0.05, 0.1) is 11.4 Å². The summed E-state index contributed by atoms with van der Waals surface area (Å²) in [5.41, 5.74) is 2.10. The van der Waals surface area contributed by atoms with E-state index in [9.17, 15) is 13.2 Å². The lowest BCUT2D eigenvalue weighted by Gasteiger charge is -2.33. The number of hydrogen-bond donors (Lipinski definition) is 0. The molecular formula is C17H25N3O3S. The van der Waals surface area contributed by atoms with Crippen molar-refractivity contribution < 1.29 is 13.2 Å². The Morgan fingerprint density at radius 1 is 1.04 bits per heavy atom. The standard InChI is InChI=1S/C17H25N3O3S/c1-14-5-6-15(17(21)19-10-8-18(2)9-11-19)13-16(14)20-7-3-4-12-24(20,22)23/h5-6,13H,3-4,7-12H2,1-2H3. The van der Waals surface area contributed by atoms with E-state index in [0.717, 1.165) is 25.1 Å². The minimum Gasteiger partial charge on any atom is -0.336 e. The Hall–Kier alpha value is -1.60. The van der Waals surface area contributed by atoms with Crippen LogP contribution in [0.15, 0.2) is 18.2 Å². The molecular weight excluding hydrogens is 326 g/mol. The van der Waals surface area contributed by atoms with Gasteiger partial charge in [0.2, 0.25) is 10.0 Å². The number of sulfonamides is 1. The van der Waals surface area contributed by atoms with E-state index in [1.165, 1.54) is 4.31 Å². The Kier molecular flexibility index (Phi) is 4.83. The number of aryl methyl sites for hydroxylation is 1. The largest absolute Gasteiger partial charge is 0.336 e. The van der Waals surface area contributed by atoms with Crippen LogP contribution in [-0.4, -0.2) is 69.6 Å². The molecule has 2 saturated heterocycles. The van der Waals surface area contributed by atoms with Crippen LogP contribution < -0.4 is 4.31 Å². The molecule has 2 heterocycles. The zero-order valence-corrected chi connectivity index (χ0v) is 15.2. The molecule has 0 bridgehead atoms. The minimum atomic E-state index is -3.27. The smallest absolute Gasteiger partial charge is 0.254 e. The summed E-state index contributed by atoms with van der Waals surface area (Å²) in [6.07, 6.45) is 1.56. The maximum absolute atomic E-state index is 12.8. The monoisotopic (exact) mass is 351 g/mol. The fourth-order valence-corrected chi connectivity index (χ4v) is 4.96. The number of nitrogens with zero attached hydrogens (tertiary/aromatic N) is 3. The Labute approximate surface area is 144 Å². The van der Waals surface area contributed by atoms with Crippen molar-refractivity contribution in [1.29, 1.82) is 0 Å². The number of likely N-dealkylation sites (N-methyl/N-ethyl adjacent to an activating group) is 1. The number of amides is 1. The number of carbonyl (C=O) groups is 1. The van der Waals surface area contributed by atoms with E-state index in [1.54, 1.807) is 12.1 Å². The van der Waals surface area contributed by atoms with Gasteiger partial charge < -0.3 is 9.80 Å². The predicted molar refractivity (Wildman–Crippen MR) is 94.9 cm³/mol. The molecule has 0 radical (unpaired) electrons. The van der Waals surface area contributed by atoms with E-state index in [0.29, 0.717) is 37.3 Å². The van der Waals surface area contributed by atoms with Crippen LogP contribution in [-0.2, 0) is 10.0 Å². The van der Waals surface area contributed by atoms with Gasteiger partial charge >= 0.3 is 0 Å². The minimum absolute atomic E-state index is 0.0150. The molecule has 2 aliphatic heterocycles. The Bertz CT molecular complexity index is 725. The second-order valence-electron chi connectivity index (χ2n) is 6.69. The fourth-order valence-electron chi connectivity index (χ4n) is 3.26. The van der Waals surface area contributed by atoms with Crippen molar-refractivity contribution >= 4 is 21.6 Å². The lowest BCUT2D eigenvalue weighted by atomic mass is 10.1. The molecule has 0 aliphatic carbocycles. The van der Waals surface area contributed by atoms with Crippen LogP contribution in [0.1, 0.15) is 28.8 Å². The zero-order chi connectivity index (χ0) is 17.3. The van der Waals surface area contributed by atoms with Crippen molar-refractivity contribution in [2.45, 2.75) is 19.8 Å². The molecule has 0 aromatic heterocycles. The van der Waals surface area contributed by atoms with Crippen LogP contribution in [0.4, 0.5) is 5.69 Å². The van der Waals surface area contributed by atoms with Crippen LogP contribution >= 0.6 is 0 Å². The highest BCUT2D eigenvalue weighted by Crippen LogP contribution is 2.28. The summed E-state index contributed by atoms with van der Waals surface area (Å²) in [7, 11) is -1.22. The third-order valence-corrected chi connectivity index (χ3v) is 6.72. The summed E-state index contributed by atoms with van der Waals surface area (Å²) < 4.78 is 26.2. The first-order chi connectivity index (χ1) is 11.4. The molecule has 6 nitrogen and oxygen atoms in total. The van der Waals surface area contributed by atoms with E-state index in [4.69, 9.17) is 0 Å². The predicted octanol–water partition coefficient (Wildman–Crippen LogP) is 1.31. The van der Waals surface area contributed by atoms with E-state index < -0.39 is 10.0 Å². The molecule has 7 heteroatoms. The zero-order valence-electron chi connectivity index (χ0n) is 14.4. The molecule has 1 aromatic rings. The number of piperazine rings is 1. The van der Waals surface area contributed by atoms with Crippen molar-refractivity contribution in [3.63, 3.8) is 0 Å². The molecule has 2 fully saturated rings. The molecule has 1 amide bonds. The molecule has 3 rings (SSSR count). The Morgan fingerprint density at radius 2 is 1.75 bits per heavy atom. The summed E-state index contributed by atoms with van der Waals surface area (Å²) >= 11 is 0. The first kappa shape index (κ1) is 17.2. The van der Waals surface area contributed by atoms with Gasteiger partial charge in [-0.15, -0.1) is 0 Å². The molecule has 0 saturated carbocycles. The number of benzene rings is 1. The summed E-state index contributed by atoms with van der Waals surface area (Å²) in [4.78, 5) is 16.8. The molecule has 1 aromatic carbocycles. The normalized spacial score (nSPS) is 21.8. The molecule has 132 valence electrons. The van der Waals surface area contributed by atoms with Crippen LogP contribution in [0.25, 0.3) is 0 Å². The number of anilines is 1. The van der Waals surface area contributed by atoms with Gasteiger partial charge in [-0.05, 0) is 44.5 Å². The highest BCUT2D eigenvalue weighted by Gasteiger charge is 2.28. The van der Waals surface area contributed by atoms with Gasteiger partial charge in [0.15, 0.2) is 0 Å². The van der Waals surface area contributed by atoms with Gasteiger partial charge in [-0.3, -0.25) is 9.10 Å². The first-order valence-corrected chi connectivity index (χ1v) is 10.1. The first-order valence-electron chi connectivity index (χ1n) is 8.47. The van der Waals surface area contributed by atoms with Gasteiger partial charge in [0, 0.05) is 38.3 Å². The van der Waals surface area contributed by atoms with Crippen molar-refractivity contribution in [2.24, 2.45) is 0 Å². The van der Waals surface area contributed by atoms with Crippen LogP contribution in [0.5, 0.6) is 0 Å². The number of carbonyl (C=O) groups excluding carboxylic acids is 1. The van der Waals surface area contributed by atoms with E-state index in [-0.39, 0.29) is 11.7 Å². The lowest BCUT2D eigenvalue weighted by Crippen LogP contribution is -2.47. The molecule has 0 atom stereocenters. The molecule has 0 spiro atoms. The second kappa shape index (κ2) is 6.72. The highest BCUT2D eigenvalue weighted by atomic mass is 32.2. The van der Waals surface area contributed by atoms with Crippen molar-refractivity contribution in [3.05, 3.63) is 29.3 Å². The van der Waals surface area contributed by atoms with Gasteiger partial charge in [0.1, 0.15) is 0 Å². The molecule has 0 unspecified atom stereocenters. The lowest BCUT2D eigenvalue weighted by molar-refractivity contribution is 0.0664. The number of rotatable bonds is 2. The van der Waals surface area contributed by atoms with Crippen molar-refractivity contribution in [1.82, 2.24) is 9.80 Å². The summed E-state index contributed by atoms with van der Waals surface area (Å²) in [5.74, 6) is 0.169. The van der Waals surface area contributed by atoms with Gasteiger partial charge in [0.25, 0.3) is 5.91 Å². The topological polar surface area (TPSA) is 60.9 Å². The fraction of sp³-hybridized carbons (Fsp3) is 0.588. The van der Waals surface area contributed by atoms with Gasteiger partial charge in [-0.1, -0.05) is 6.07 Å². The third kappa shape index (κ3) is 3.42.